The van der Waals surface area contributed by atoms with Gasteiger partial charge < -0.3 is 9.32 Å². The average molecular weight is 746 g/mol. The molecule has 1 unspecified atom stereocenters. The van der Waals surface area contributed by atoms with Crippen molar-refractivity contribution in [3.63, 3.8) is 0 Å². The second kappa shape index (κ2) is 13.9. The maximum atomic E-state index is 6.98. The first kappa shape index (κ1) is 34.4. The van der Waals surface area contributed by atoms with E-state index in [1.807, 2.05) is 0 Å². The molecule has 278 valence electrons. The molecule has 8 aromatic rings. The minimum atomic E-state index is -0.293. The largest absolute Gasteiger partial charge is 0.456 e. The van der Waals surface area contributed by atoms with Crippen LogP contribution in [0.3, 0.4) is 0 Å². The minimum Gasteiger partial charge on any atom is -0.456 e. The molecule has 0 N–H and O–H groups in total. The van der Waals surface area contributed by atoms with Crippen LogP contribution in [0.25, 0.3) is 55.3 Å². The van der Waals surface area contributed by atoms with E-state index in [0.29, 0.717) is 0 Å². The first-order valence-corrected chi connectivity index (χ1v) is 20.6. The lowest BCUT2D eigenvalue weighted by Gasteiger charge is -2.30. The molecule has 2 heteroatoms. The van der Waals surface area contributed by atoms with E-state index in [1.54, 1.807) is 0 Å². The molecule has 1 aromatic heterocycles. The zero-order valence-electron chi connectivity index (χ0n) is 32.7. The Morgan fingerprint density at radius 1 is 0.500 bits per heavy atom. The molecule has 3 aliphatic rings. The molecule has 1 atom stereocenters. The summed E-state index contributed by atoms with van der Waals surface area (Å²) in [4.78, 5) is 2.36. The standard InChI is InChI=1S/C56H43NO/c1-56(51-23-10-8-20-47(51)48-21-9-11-24-52(48)56)53-25-13-22-50-49-35-30-43(37-54(49)58-55(50)53)42-18-12-19-46(36-42)57(44-31-26-40(27-32-44)38-14-4-2-5-15-38)45-33-28-41(29-34-45)39-16-6-3-7-17-39/h2,4-6,8,10-20,22-37H,3,7,9,21H2,1H3. The van der Waals surface area contributed by atoms with Crippen molar-refractivity contribution in [2.24, 2.45) is 0 Å². The number of furan rings is 1. The zero-order valence-corrected chi connectivity index (χ0v) is 32.7. The summed E-state index contributed by atoms with van der Waals surface area (Å²) in [7, 11) is 0. The van der Waals surface area contributed by atoms with Gasteiger partial charge >= 0.3 is 0 Å². The summed E-state index contributed by atoms with van der Waals surface area (Å²) in [5.41, 5.74) is 19.0. The Morgan fingerprint density at radius 2 is 1.17 bits per heavy atom. The van der Waals surface area contributed by atoms with E-state index in [2.05, 4.69) is 206 Å². The number of benzene rings is 7. The predicted molar refractivity (Wildman–Crippen MR) is 244 cm³/mol. The van der Waals surface area contributed by atoms with Crippen LogP contribution in [-0.2, 0) is 5.41 Å². The van der Waals surface area contributed by atoms with Gasteiger partial charge in [0.05, 0.1) is 0 Å². The molecule has 0 amide bonds. The van der Waals surface area contributed by atoms with E-state index >= 15 is 0 Å². The van der Waals surface area contributed by atoms with Gasteiger partial charge in [-0.15, -0.1) is 0 Å². The van der Waals surface area contributed by atoms with Gasteiger partial charge in [-0.3, -0.25) is 0 Å². The fourth-order valence-electron chi connectivity index (χ4n) is 9.74. The third-order valence-corrected chi connectivity index (χ3v) is 12.7. The van der Waals surface area contributed by atoms with Crippen molar-refractivity contribution in [2.75, 3.05) is 4.90 Å². The van der Waals surface area contributed by atoms with Gasteiger partial charge in [0.2, 0.25) is 0 Å². The van der Waals surface area contributed by atoms with Crippen molar-refractivity contribution in [1.82, 2.24) is 0 Å². The molecule has 3 aliphatic carbocycles. The summed E-state index contributed by atoms with van der Waals surface area (Å²) in [6.07, 6.45) is 15.9. The number of allylic oxidation sites excluding steroid dienone is 8. The van der Waals surface area contributed by atoms with Gasteiger partial charge in [-0.1, -0.05) is 146 Å². The first-order valence-electron chi connectivity index (χ1n) is 20.6. The highest BCUT2D eigenvalue weighted by atomic mass is 16.3. The Bertz CT molecular complexity index is 2990. The fraction of sp³-hybridized carbons (Fsp3) is 0.107. The number of rotatable bonds is 7. The van der Waals surface area contributed by atoms with Gasteiger partial charge in [0.15, 0.2) is 0 Å². The molecule has 0 saturated carbocycles. The third-order valence-electron chi connectivity index (χ3n) is 12.7. The molecule has 0 fully saturated rings. The fourth-order valence-corrected chi connectivity index (χ4v) is 9.74. The molecule has 0 aliphatic heterocycles. The van der Waals surface area contributed by atoms with Crippen LogP contribution in [0.4, 0.5) is 17.1 Å². The molecule has 0 spiro atoms. The number of fused-ring (bicyclic) bond motifs is 5. The Balaban J connectivity index is 0.995. The van der Waals surface area contributed by atoms with E-state index in [1.165, 1.54) is 50.1 Å². The molecule has 0 saturated heterocycles. The SMILES string of the molecule is CC1(c2cccc3c2oc2cc(-c4cccc(N(c5ccc(C6=CCCC=C6)cc5)c5ccc(-c6ccccc6)cc5)c4)ccc23)C2=C(CCC=C2)c2ccccc21. The van der Waals surface area contributed by atoms with Crippen LogP contribution >= 0.6 is 0 Å². The van der Waals surface area contributed by atoms with Crippen molar-refractivity contribution in [3.8, 4) is 22.3 Å². The topological polar surface area (TPSA) is 16.4 Å². The molecule has 1 heterocycles. The third kappa shape index (κ3) is 5.63. The predicted octanol–water partition coefficient (Wildman–Crippen LogP) is 15.5. The maximum absolute atomic E-state index is 6.98. The van der Waals surface area contributed by atoms with Crippen molar-refractivity contribution in [3.05, 3.63) is 222 Å². The maximum Gasteiger partial charge on any atom is 0.139 e. The molecular formula is C56H43NO. The van der Waals surface area contributed by atoms with Crippen LogP contribution in [0, 0.1) is 0 Å². The van der Waals surface area contributed by atoms with E-state index in [9.17, 15) is 0 Å². The number of hydrogen-bond acceptors (Lipinski definition) is 2. The van der Waals surface area contributed by atoms with Crippen LogP contribution in [0.15, 0.2) is 204 Å². The number of para-hydroxylation sites is 1. The minimum absolute atomic E-state index is 0.293. The van der Waals surface area contributed by atoms with Gasteiger partial charge in [0, 0.05) is 38.8 Å². The molecule has 0 radical (unpaired) electrons. The van der Waals surface area contributed by atoms with Crippen molar-refractivity contribution >= 4 is 50.1 Å². The molecule has 7 aromatic carbocycles. The van der Waals surface area contributed by atoms with Gasteiger partial charge in [-0.05, 0) is 137 Å². The molecule has 0 bridgehead atoms. The van der Waals surface area contributed by atoms with E-state index < -0.39 is 0 Å². The first-order chi connectivity index (χ1) is 28.6. The number of nitrogens with zero attached hydrogens (tertiary/aromatic N) is 1. The highest BCUT2D eigenvalue weighted by Gasteiger charge is 2.43. The van der Waals surface area contributed by atoms with Gasteiger partial charge in [0.1, 0.15) is 11.2 Å². The van der Waals surface area contributed by atoms with Crippen LogP contribution in [0.1, 0.15) is 54.9 Å². The number of hydrogen-bond donors (Lipinski definition) is 0. The monoisotopic (exact) mass is 745 g/mol. The van der Waals surface area contributed by atoms with Crippen LogP contribution in [0.5, 0.6) is 0 Å². The van der Waals surface area contributed by atoms with Crippen molar-refractivity contribution < 1.29 is 4.42 Å². The number of anilines is 3. The Hall–Kier alpha value is -6.90. The Labute approximate surface area is 340 Å². The Morgan fingerprint density at radius 3 is 1.98 bits per heavy atom. The Kier molecular flexibility index (Phi) is 8.25. The summed E-state index contributed by atoms with van der Waals surface area (Å²) in [5.74, 6) is 0. The zero-order chi connectivity index (χ0) is 38.6. The van der Waals surface area contributed by atoms with Crippen LogP contribution in [-0.4, -0.2) is 0 Å². The quantitative estimate of drug-likeness (QED) is 0.162. The molecule has 58 heavy (non-hydrogen) atoms. The summed E-state index contributed by atoms with van der Waals surface area (Å²) in [5, 5.41) is 2.30. The summed E-state index contributed by atoms with van der Waals surface area (Å²) < 4.78 is 6.98. The van der Waals surface area contributed by atoms with Crippen molar-refractivity contribution in [2.45, 2.75) is 38.0 Å². The summed E-state index contributed by atoms with van der Waals surface area (Å²) in [6.45, 7) is 2.39. The van der Waals surface area contributed by atoms with E-state index in [-0.39, 0.29) is 5.41 Å². The second-order valence-electron chi connectivity index (χ2n) is 16.0. The normalized spacial score (nSPS) is 17.1. The summed E-state index contributed by atoms with van der Waals surface area (Å²) >= 11 is 0. The summed E-state index contributed by atoms with van der Waals surface area (Å²) in [6, 6.07) is 59.8. The van der Waals surface area contributed by atoms with Gasteiger partial charge in [0.25, 0.3) is 0 Å². The van der Waals surface area contributed by atoms with E-state index in [0.717, 1.165) is 75.8 Å². The van der Waals surface area contributed by atoms with Crippen molar-refractivity contribution in [1.29, 1.82) is 0 Å². The van der Waals surface area contributed by atoms with E-state index in [4.69, 9.17) is 4.42 Å². The second-order valence-corrected chi connectivity index (χ2v) is 16.0. The molecular weight excluding hydrogens is 703 g/mol. The molecule has 2 nitrogen and oxygen atoms in total. The lowest BCUT2D eigenvalue weighted by Crippen LogP contribution is -2.23. The van der Waals surface area contributed by atoms with Gasteiger partial charge in [-0.25, -0.2) is 0 Å². The smallest absolute Gasteiger partial charge is 0.139 e. The lowest BCUT2D eigenvalue weighted by atomic mass is 9.72. The average Bonchev–Trinajstić information content (AvgIpc) is 3.80. The van der Waals surface area contributed by atoms with Crippen LogP contribution < -0.4 is 4.90 Å². The lowest BCUT2D eigenvalue weighted by molar-refractivity contribution is 0.635. The highest BCUT2D eigenvalue weighted by Crippen LogP contribution is 2.55. The van der Waals surface area contributed by atoms with Gasteiger partial charge in [-0.2, -0.15) is 0 Å². The van der Waals surface area contributed by atoms with Crippen LogP contribution in [0.2, 0.25) is 0 Å². The molecule has 11 rings (SSSR count). The highest BCUT2D eigenvalue weighted by molar-refractivity contribution is 6.08.